The standard InChI is InChI=1S/C27H27N3O/c1-3-21-11-4-6-13-24(21)29-18-22(16-26(29)31)27-28-23-12-5-7-14-25(23)30(27)17-20-10-8-9-19(2)15-20/h4-15,22H,3,16-18H2,1-2H3. The van der Waals surface area contributed by atoms with Crippen molar-refractivity contribution in [3.63, 3.8) is 0 Å². The van der Waals surface area contributed by atoms with Crippen LogP contribution in [0.25, 0.3) is 11.0 Å². The lowest BCUT2D eigenvalue weighted by Gasteiger charge is -2.20. The Morgan fingerprint density at radius 3 is 2.65 bits per heavy atom. The number of amides is 1. The van der Waals surface area contributed by atoms with Gasteiger partial charge in [-0.1, -0.05) is 67.1 Å². The minimum absolute atomic E-state index is 0.0784. The van der Waals surface area contributed by atoms with Crippen LogP contribution in [0.1, 0.15) is 41.8 Å². The minimum atomic E-state index is 0.0784. The first-order valence-corrected chi connectivity index (χ1v) is 11.0. The Bertz CT molecular complexity index is 1260. The second-order valence-electron chi connectivity index (χ2n) is 8.42. The Labute approximate surface area is 183 Å². The molecule has 4 nitrogen and oxygen atoms in total. The molecule has 3 aromatic carbocycles. The molecular formula is C27H27N3O. The molecule has 1 amide bonds. The van der Waals surface area contributed by atoms with E-state index in [9.17, 15) is 4.79 Å². The minimum Gasteiger partial charge on any atom is -0.323 e. The van der Waals surface area contributed by atoms with E-state index >= 15 is 0 Å². The van der Waals surface area contributed by atoms with Crippen LogP contribution < -0.4 is 4.90 Å². The van der Waals surface area contributed by atoms with Crippen LogP contribution in [-0.4, -0.2) is 22.0 Å². The van der Waals surface area contributed by atoms with Crippen LogP contribution >= 0.6 is 0 Å². The summed E-state index contributed by atoms with van der Waals surface area (Å²) in [4.78, 5) is 20.0. The summed E-state index contributed by atoms with van der Waals surface area (Å²) in [6, 6.07) is 25.1. The topological polar surface area (TPSA) is 38.1 Å². The van der Waals surface area contributed by atoms with Gasteiger partial charge in [0, 0.05) is 31.1 Å². The van der Waals surface area contributed by atoms with Crippen molar-refractivity contribution in [1.29, 1.82) is 0 Å². The van der Waals surface area contributed by atoms with E-state index in [1.807, 2.05) is 23.1 Å². The lowest BCUT2D eigenvalue weighted by atomic mass is 10.1. The summed E-state index contributed by atoms with van der Waals surface area (Å²) >= 11 is 0. The molecule has 0 N–H and O–H groups in total. The van der Waals surface area contributed by atoms with E-state index in [0.29, 0.717) is 13.0 Å². The molecule has 0 radical (unpaired) electrons. The van der Waals surface area contributed by atoms with Gasteiger partial charge in [0.15, 0.2) is 0 Å². The Hall–Kier alpha value is -3.40. The third-order valence-corrected chi connectivity index (χ3v) is 6.26. The number of aromatic nitrogens is 2. The van der Waals surface area contributed by atoms with Crippen LogP contribution in [0.4, 0.5) is 5.69 Å². The van der Waals surface area contributed by atoms with E-state index in [1.54, 1.807) is 0 Å². The normalized spacial score (nSPS) is 16.4. The molecule has 4 aromatic rings. The number of imidazole rings is 1. The van der Waals surface area contributed by atoms with Crippen molar-refractivity contribution in [2.45, 2.75) is 39.2 Å². The van der Waals surface area contributed by atoms with Crippen LogP contribution in [0.3, 0.4) is 0 Å². The van der Waals surface area contributed by atoms with Crippen molar-refractivity contribution >= 4 is 22.6 Å². The molecule has 1 fully saturated rings. The van der Waals surface area contributed by atoms with Crippen molar-refractivity contribution in [2.75, 3.05) is 11.4 Å². The number of anilines is 1. The van der Waals surface area contributed by atoms with Gasteiger partial charge in [0.2, 0.25) is 5.91 Å². The van der Waals surface area contributed by atoms with Gasteiger partial charge in [0.1, 0.15) is 5.82 Å². The molecule has 1 aromatic heterocycles. The Balaban J connectivity index is 1.54. The number of hydrogen-bond donors (Lipinski definition) is 0. The molecular weight excluding hydrogens is 382 g/mol. The van der Waals surface area contributed by atoms with Gasteiger partial charge in [0.05, 0.1) is 11.0 Å². The highest BCUT2D eigenvalue weighted by Gasteiger charge is 2.35. The monoisotopic (exact) mass is 409 g/mol. The first-order chi connectivity index (χ1) is 15.1. The second-order valence-corrected chi connectivity index (χ2v) is 8.42. The smallest absolute Gasteiger partial charge is 0.227 e. The highest BCUT2D eigenvalue weighted by molar-refractivity contribution is 5.97. The number of carbonyl (C=O) groups excluding carboxylic acids is 1. The summed E-state index contributed by atoms with van der Waals surface area (Å²) in [5.74, 6) is 1.27. The zero-order valence-corrected chi connectivity index (χ0v) is 18.1. The van der Waals surface area contributed by atoms with Gasteiger partial charge in [-0.25, -0.2) is 4.98 Å². The number of carbonyl (C=O) groups is 1. The third kappa shape index (κ3) is 3.63. The average molecular weight is 410 g/mol. The quantitative estimate of drug-likeness (QED) is 0.438. The molecule has 1 aliphatic heterocycles. The highest BCUT2D eigenvalue weighted by Crippen LogP contribution is 2.35. The van der Waals surface area contributed by atoms with Crippen molar-refractivity contribution in [2.24, 2.45) is 0 Å². The Morgan fingerprint density at radius 2 is 1.81 bits per heavy atom. The van der Waals surface area contributed by atoms with Gasteiger partial charge in [-0.2, -0.15) is 0 Å². The summed E-state index contributed by atoms with van der Waals surface area (Å²) < 4.78 is 2.30. The average Bonchev–Trinajstić information content (AvgIpc) is 3.34. The molecule has 1 saturated heterocycles. The van der Waals surface area contributed by atoms with E-state index < -0.39 is 0 Å². The van der Waals surface area contributed by atoms with E-state index in [1.165, 1.54) is 16.7 Å². The lowest BCUT2D eigenvalue weighted by molar-refractivity contribution is -0.117. The van der Waals surface area contributed by atoms with Gasteiger partial charge >= 0.3 is 0 Å². The van der Waals surface area contributed by atoms with Crippen LogP contribution in [-0.2, 0) is 17.8 Å². The number of rotatable bonds is 5. The molecule has 1 unspecified atom stereocenters. The summed E-state index contributed by atoms with van der Waals surface area (Å²) in [7, 11) is 0. The predicted octanol–water partition coefficient (Wildman–Crippen LogP) is 5.48. The maximum Gasteiger partial charge on any atom is 0.227 e. The summed E-state index contributed by atoms with van der Waals surface area (Å²) in [6.45, 7) is 5.69. The summed E-state index contributed by atoms with van der Waals surface area (Å²) in [5, 5.41) is 0. The fourth-order valence-electron chi connectivity index (χ4n) is 4.75. The highest BCUT2D eigenvalue weighted by atomic mass is 16.2. The predicted molar refractivity (Wildman–Crippen MR) is 126 cm³/mol. The largest absolute Gasteiger partial charge is 0.323 e. The van der Waals surface area contributed by atoms with Crippen molar-refractivity contribution in [1.82, 2.24) is 9.55 Å². The number of hydrogen-bond acceptors (Lipinski definition) is 2. The lowest BCUT2D eigenvalue weighted by Crippen LogP contribution is -2.25. The van der Waals surface area contributed by atoms with E-state index in [2.05, 4.69) is 73.0 Å². The first-order valence-electron chi connectivity index (χ1n) is 11.0. The van der Waals surface area contributed by atoms with E-state index in [0.717, 1.165) is 35.5 Å². The Kier molecular flexibility index (Phi) is 5.06. The molecule has 0 aliphatic carbocycles. The van der Waals surface area contributed by atoms with Crippen molar-refractivity contribution in [3.8, 4) is 0 Å². The zero-order valence-electron chi connectivity index (χ0n) is 18.1. The molecule has 2 heterocycles. The van der Waals surface area contributed by atoms with Crippen LogP contribution in [0, 0.1) is 6.92 Å². The molecule has 4 heteroatoms. The van der Waals surface area contributed by atoms with E-state index in [-0.39, 0.29) is 11.8 Å². The van der Waals surface area contributed by atoms with Crippen LogP contribution in [0.2, 0.25) is 0 Å². The SMILES string of the molecule is CCc1ccccc1N1CC(c2nc3ccccc3n2Cc2cccc(C)c2)CC1=O. The number of aryl methyl sites for hydroxylation is 2. The molecule has 156 valence electrons. The maximum absolute atomic E-state index is 13.0. The van der Waals surface area contributed by atoms with Crippen LogP contribution in [0.15, 0.2) is 72.8 Å². The first kappa shape index (κ1) is 19.6. The molecule has 0 saturated carbocycles. The molecule has 31 heavy (non-hydrogen) atoms. The third-order valence-electron chi connectivity index (χ3n) is 6.26. The Morgan fingerprint density at radius 1 is 1.00 bits per heavy atom. The summed E-state index contributed by atoms with van der Waals surface area (Å²) in [6.07, 6.45) is 1.41. The number of fused-ring (bicyclic) bond motifs is 1. The van der Waals surface area contributed by atoms with Gasteiger partial charge in [-0.05, 0) is 42.7 Å². The van der Waals surface area contributed by atoms with Crippen molar-refractivity contribution < 1.29 is 4.79 Å². The number of benzene rings is 3. The molecule has 5 rings (SSSR count). The zero-order chi connectivity index (χ0) is 21.4. The fraction of sp³-hybridized carbons (Fsp3) is 0.259. The maximum atomic E-state index is 13.0. The second kappa shape index (κ2) is 8.03. The molecule has 1 atom stereocenters. The van der Waals surface area contributed by atoms with Gasteiger partial charge in [-0.15, -0.1) is 0 Å². The van der Waals surface area contributed by atoms with Gasteiger partial charge in [-0.3, -0.25) is 4.79 Å². The molecule has 1 aliphatic rings. The van der Waals surface area contributed by atoms with Gasteiger partial charge < -0.3 is 9.47 Å². The van der Waals surface area contributed by atoms with Crippen molar-refractivity contribution in [3.05, 3.63) is 95.3 Å². The van der Waals surface area contributed by atoms with Crippen LogP contribution in [0.5, 0.6) is 0 Å². The van der Waals surface area contributed by atoms with E-state index in [4.69, 9.17) is 4.98 Å². The number of para-hydroxylation sites is 3. The molecule has 0 spiro atoms. The van der Waals surface area contributed by atoms with Gasteiger partial charge in [0.25, 0.3) is 0 Å². The number of nitrogens with zero attached hydrogens (tertiary/aromatic N) is 3. The molecule has 0 bridgehead atoms. The summed E-state index contributed by atoms with van der Waals surface area (Å²) in [5.41, 5.74) is 6.87. The fourth-order valence-corrected chi connectivity index (χ4v) is 4.75.